The summed E-state index contributed by atoms with van der Waals surface area (Å²) in [4.78, 5) is 15.8. The number of nitrogens with zero attached hydrogens (tertiary/aromatic N) is 1. The van der Waals surface area contributed by atoms with Gasteiger partial charge in [0.15, 0.2) is 6.39 Å². The van der Waals surface area contributed by atoms with Gasteiger partial charge in [-0.2, -0.15) is 0 Å². The number of aromatic nitrogens is 1. The maximum absolute atomic E-state index is 11.9. The molecule has 0 spiro atoms. The van der Waals surface area contributed by atoms with Crippen LogP contribution in [0.25, 0.3) is 0 Å². The molecule has 1 aromatic heterocycles. The molecule has 1 heterocycles. The lowest BCUT2D eigenvalue weighted by Gasteiger charge is -2.08. The summed E-state index contributed by atoms with van der Waals surface area (Å²) < 4.78 is 10.5. The molecule has 0 aliphatic rings. The molecule has 0 bridgehead atoms. The summed E-state index contributed by atoms with van der Waals surface area (Å²) in [6.45, 7) is 0.513. The van der Waals surface area contributed by atoms with Gasteiger partial charge in [-0.15, -0.1) is 0 Å². The topological polar surface area (TPSA) is 64.4 Å². The number of hydrogen-bond donors (Lipinski definition) is 1. The average molecular weight is 308 g/mol. The van der Waals surface area contributed by atoms with E-state index in [2.05, 4.69) is 10.3 Å². The van der Waals surface area contributed by atoms with Gasteiger partial charge in [0.2, 0.25) is 5.91 Å². The van der Waals surface area contributed by atoms with Crippen molar-refractivity contribution in [2.24, 2.45) is 0 Å². The maximum atomic E-state index is 11.9. The van der Waals surface area contributed by atoms with Crippen LogP contribution in [0.3, 0.4) is 0 Å². The van der Waals surface area contributed by atoms with E-state index in [1.165, 1.54) is 12.7 Å². The van der Waals surface area contributed by atoms with E-state index >= 15 is 0 Å². The molecule has 5 heteroatoms. The fourth-order valence-corrected chi connectivity index (χ4v) is 2.07. The minimum Gasteiger partial charge on any atom is -0.489 e. The molecule has 0 atom stereocenters. The predicted molar refractivity (Wildman–Crippen MR) is 86.1 cm³/mol. The standard InChI is InChI=1S/C18H16N2O3/c21-18(10-16-12-22-13-19-16)20-15-6-8-17(9-7-15)23-11-14-4-2-1-3-5-14/h1-9,12-13H,10-11H2,(H,20,21). The van der Waals surface area contributed by atoms with E-state index in [1.54, 1.807) is 12.1 Å². The highest BCUT2D eigenvalue weighted by atomic mass is 16.5. The van der Waals surface area contributed by atoms with Gasteiger partial charge in [0, 0.05) is 5.69 Å². The van der Waals surface area contributed by atoms with Crippen molar-refractivity contribution in [1.29, 1.82) is 0 Å². The first kappa shape index (κ1) is 14.8. The van der Waals surface area contributed by atoms with Crippen LogP contribution in [0.5, 0.6) is 5.75 Å². The van der Waals surface area contributed by atoms with Crippen LogP contribution in [0, 0.1) is 0 Å². The number of anilines is 1. The van der Waals surface area contributed by atoms with E-state index in [0.717, 1.165) is 11.3 Å². The first-order valence-corrected chi connectivity index (χ1v) is 7.23. The monoisotopic (exact) mass is 308 g/mol. The highest BCUT2D eigenvalue weighted by Crippen LogP contribution is 2.17. The summed E-state index contributed by atoms with van der Waals surface area (Å²) >= 11 is 0. The molecule has 0 aliphatic heterocycles. The largest absolute Gasteiger partial charge is 0.489 e. The number of amides is 1. The first-order chi connectivity index (χ1) is 11.3. The number of nitrogens with one attached hydrogen (secondary N) is 1. The molecule has 3 rings (SSSR count). The third-order valence-corrected chi connectivity index (χ3v) is 3.21. The Bertz CT molecular complexity index is 738. The lowest BCUT2D eigenvalue weighted by molar-refractivity contribution is -0.115. The van der Waals surface area contributed by atoms with Crippen molar-refractivity contribution in [2.45, 2.75) is 13.0 Å². The lowest BCUT2D eigenvalue weighted by Crippen LogP contribution is -2.14. The normalized spacial score (nSPS) is 10.3. The van der Waals surface area contributed by atoms with Crippen molar-refractivity contribution in [3.8, 4) is 5.75 Å². The van der Waals surface area contributed by atoms with Gasteiger partial charge in [0.1, 0.15) is 18.6 Å². The molecule has 0 radical (unpaired) electrons. The minimum absolute atomic E-state index is 0.142. The van der Waals surface area contributed by atoms with Crippen molar-refractivity contribution in [3.05, 3.63) is 78.5 Å². The quantitative estimate of drug-likeness (QED) is 0.757. The Balaban J connectivity index is 1.51. The average Bonchev–Trinajstić information content (AvgIpc) is 3.08. The van der Waals surface area contributed by atoms with Gasteiger partial charge in [-0.1, -0.05) is 30.3 Å². The molecule has 23 heavy (non-hydrogen) atoms. The van der Waals surface area contributed by atoms with E-state index in [0.29, 0.717) is 18.0 Å². The molecule has 0 unspecified atom stereocenters. The Hall–Kier alpha value is -3.08. The molecule has 0 saturated carbocycles. The van der Waals surface area contributed by atoms with Gasteiger partial charge < -0.3 is 14.5 Å². The molecular weight excluding hydrogens is 292 g/mol. The van der Waals surface area contributed by atoms with Gasteiger partial charge in [0.05, 0.1) is 12.1 Å². The Morgan fingerprint density at radius 2 is 1.87 bits per heavy atom. The van der Waals surface area contributed by atoms with Gasteiger partial charge in [0.25, 0.3) is 0 Å². The number of carbonyl (C=O) groups excluding carboxylic acids is 1. The maximum Gasteiger partial charge on any atom is 0.230 e. The van der Waals surface area contributed by atoms with E-state index < -0.39 is 0 Å². The van der Waals surface area contributed by atoms with Crippen LogP contribution in [0.1, 0.15) is 11.3 Å². The summed E-state index contributed by atoms with van der Waals surface area (Å²) in [5, 5.41) is 2.81. The van der Waals surface area contributed by atoms with E-state index in [4.69, 9.17) is 9.15 Å². The summed E-state index contributed by atoms with van der Waals surface area (Å²) in [6.07, 6.45) is 2.95. The van der Waals surface area contributed by atoms with E-state index in [9.17, 15) is 4.79 Å². The third kappa shape index (κ3) is 4.44. The Morgan fingerprint density at radius 1 is 1.09 bits per heavy atom. The Morgan fingerprint density at radius 3 is 2.57 bits per heavy atom. The van der Waals surface area contributed by atoms with E-state index in [1.807, 2.05) is 42.5 Å². The van der Waals surface area contributed by atoms with Gasteiger partial charge in [-0.05, 0) is 29.8 Å². The van der Waals surface area contributed by atoms with Gasteiger partial charge in [-0.3, -0.25) is 4.79 Å². The molecular formula is C18H16N2O3. The second kappa shape index (κ2) is 7.26. The summed E-state index contributed by atoms with van der Waals surface area (Å²) in [5.41, 5.74) is 2.42. The van der Waals surface area contributed by atoms with Crippen LogP contribution in [0.4, 0.5) is 5.69 Å². The Labute approximate surface area is 133 Å². The van der Waals surface area contributed by atoms with Gasteiger partial charge in [-0.25, -0.2) is 4.98 Å². The zero-order valence-electron chi connectivity index (χ0n) is 12.4. The summed E-state index contributed by atoms with van der Waals surface area (Å²) in [7, 11) is 0. The Kier molecular flexibility index (Phi) is 4.69. The molecule has 5 nitrogen and oxygen atoms in total. The molecule has 116 valence electrons. The second-order valence-electron chi connectivity index (χ2n) is 5.00. The number of carbonyl (C=O) groups is 1. The lowest BCUT2D eigenvalue weighted by atomic mass is 10.2. The number of rotatable bonds is 6. The molecule has 3 aromatic rings. The van der Waals surface area contributed by atoms with Crippen LogP contribution in [-0.4, -0.2) is 10.9 Å². The fraction of sp³-hybridized carbons (Fsp3) is 0.111. The smallest absolute Gasteiger partial charge is 0.230 e. The van der Waals surface area contributed by atoms with Crippen molar-refractivity contribution in [1.82, 2.24) is 4.98 Å². The SMILES string of the molecule is O=C(Cc1cocn1)Nc1ccc(OCc2ccccc2)cc1. The molecule has 1 amide bonds. The zero-order valence-corrected chi connectivity index (χ0v) is 12.4. The second-order valence-corrected chi connectivity index (χ2v) is 5.00. The third-order valence-electron chi connectivity index (χ3n) is 3.21. The van der Waals surface area contributed by atoms with Crippen molar-refractivity contribution >= 4 is 11.6 Å². The minimum atomic E-state index is -0.142. The van der Waals surface area contributed by atoms with Crippen LogP contribution in [0.2, 0.25) is 0 Å². The van der Waals surface area contributed by atoms with Crippen LogP contribution in [-0.2, 0) is 17.8 Å². The fourth-order valence-electron chi connectivity index (χ4n) is 2.07. The number of benzene rings is 2. The van der Waals surface area contributed by atoms with Crippen LogP contribution >= 0.6 is 0 Å². The van der Waals surface area contributed by atoms with Crippen LogP contribution < -0.4 is 10.1 Å². The summed E-state index contributed by atoms with van der Waals surface area (Å²) in [5.74, 6) is 0.611. The van der Waals surface area contributed by atoms with Crippen molar-refractivity contribution < 1.29 is 13.9 Å². The molecule has 1 N–H and O–H groups in total. The summed E-state index contributed by atoms with van der Waals surface area (Å²) in [6, 6.07) is 17.2. The highest BCUT2D eigenvalue weighted by Gasteiger charge is 2.06. The number of ether oxygens (including phenoxy) is 1. The molecule has 0 fully saturated rings. The molecule has 0 saturated heterocycles. The highest BCUT2D eigenvalue weighted by molar-refractivity contribution is 5.91. The number of oxazole rings is 1. The van der Waals surface area contributed by atoms with E-state index in [-0.39, 0.29) is 12.3 Å². The van der Waals surface area contributed by atoms with Gasteiger partial charge >= 0.3 is 0 Å². The number of hydrogen-bond acceptors (Lipinski definition) is 4. The first-order valence-electron chi connectivity index (χ1n) is 7.23. The molecule has 2 aromatic carbocycles. The zero-order chi connectivity index (χ0) is 15.9. The van der Waals surface area contributed by atoms with Crippen LogP contribution in [0.15, 0.2) is 71.7 Å². The molecule has 0 aliphatic carbocycles. The van der Waals surface area contributed by atoms with Crippen molar-refractivity contribution in [3.63, 3.8) is 0 Å². The predicted octanol–water partition coefficient (Wildman–Crippen LogP) is 3.43. The van der Waals surface area contributed by atoms with Crippen molar-refractivity contribution in [2.75, 3.05) is 5.32 Å².